The summed E-state index contributed by atoms with van der Waals surface area (Å²) in [5, 5.41) is 8.63. The molecule has 0 radical (unpaired) electrons. The van der Waals surface area contributed by atoms with E-state index in [2.05, 4.69) is 15.6 Å². The van der Waals surface area contributed by atoms with Crippen molar-refractivity contribution in [1.82, 2.24) is 9.55 Å². The average Bonchev–Trinajstić information content (AvgIpc) is 2.61. The van der Waals surface area contributed by atoms with Gasteiger partial charge in [0, 0.05) is 19.2 Å². The standard InChI is InChI=1S/C12H17N3/c1-15-9-11(7-8-13)14-12(15)10-5-3-2-4-6-10/h9-10H,2-7H2,1H3. The summed E-state index contributed by atoms with van der Waals surface area (Å²) < 4.78 is 2.10. The highest BCUT2D eigenvalue weighted by molar-refractivity contribution is 5.11. The molecule has 0 atom stereocenters. The molecule has 15 heavy (non-hydrogen) atoms. The van der Waals surface area contributed by atoms with E-state index in [4.69, 9.17) is 5.26 Å². The van der Waals surface area contributed by atoms with E-state index < -0.39 is 0 Å². The molecule has 80 valence electrons. The van der Waals surface area contributed by atoms with Gasteiger partial charge in [0.05, 0.1) is 18.2 Å². The fraction of sp³-hybridized carbons (Fsp3) is 0.667. The molecule has 0 amide bonds. The third-order valence-corrected chi connectivity index (χ3v) is 3.19. The van der Waals surface area contributed by atoms with E-state index in [1.165, 1.54) is 37.9 Å². The van der Waals surface area contributed by atoms with Crippen molar-refractivity contribution in [3.8, 4) is 6.07 Å². The molecule has 0 aliphatic heterocycles. The smallest absolute Gasteiger partial charge is 0.111 e. The Hall–Kier alpha value is -1.30. The zero-order chi connectivity index (χ0) is 10.7. The Morgan fingerprint density at radius 2 is 2.20 bits per heavy atom. The van der Waals surface area contributed by atoms with Crippen molar-refractivity contribution in [2.45, 2.75) is 44.4 Å². The number of imidazole rings is 1. The molecule has 1 heterocycles. The lowest BCUT2D eigenvalue weighted by Gasteiger charge is -2.20. The summed E-state index contributed by atoms with van der Waals surface area (Å²) in [6.45, 7) is 0. The zero-order valence-corrected chi connectivity index (χ0v) is 9.24. The van der Waals surface area contributed by atoms with Gasteiger partial charge in [0.15, 0.2) is 0 Å². The van der Waals surface area contributed by atoms with Gasteiger partial charge in [0.2, 0.25) is 0 Å². The second-order valence-corrected chi connectivity index (χ2v) is 4.37. The molecule has 1 aromatic rings. The maximum absolute atomic E-state index is 8.63. The van der Waals surface area contributed by atoms with Crippen molar-refractivity contribution in [3.05, 3.63) is 17.7 Å². The molecule has 3 heteroatoms. The van der Waals surface area contributed by atoms with Crippen molar-refractivity contribution in [3.63, 3.8) is 0 Å². The van der Waals surface area contributed by atoms with Crippen LogP contribution in [0, 0.1) is 11.3 Å². The summed E-state index contributed by atoms with van der Waals surface area (Å²) in [4.78, 5) is 4.56. The van der Waals surface area contributed by atoms with Crippen LogP contribution in [0.15, 0.2) is 6.20 Å². The Morgan fingerprint density at radius 3 is 2.87 bits per heavy atom. The van der Waals surface area contributed by atoms with E-state index in [1.807, 2.05) is 13.2 Å². The monoisotopic (exact) mass is 203 g/mol. The third-order valence-electron chi connectivity index (χ3n) is 3.19. The number of nitriles is 1. The summed E-state index contributed by atoms with van der Waals surface area (Å²) in [5.74, 6) is 1.80. The van der Waals surface area contributed by atoms with Crippen LogP contribution in [0.1, 0.15) is 49.5 Å². The SMILES string of the molecule is Cn1cc(CC#N)nc1C1CCCCC1. The van der Waals surface area contributed by atoms with E-state index in [0.29, 0.717) is 12.3 Å². The minimum Gasteiger partial charge on any atom is -0.337 e. The second-order valence-electron chi connectivity index (χ2n) is 4.37. The minimum atomic E-state index is 0.431. The lowest BCUT2D eigenvalue weighted by atomic mass is 9.89. The first-order chi connectivity index (χ1) is 7.31. The average molecular weight is 203 g/mol. The maximum Gasteiger partial charge on any atom is 0.111 e. The number of hydrogen-bond acceptors (Lipinski definition) is 2. The van der Waals surface area contributed by atoms with Crippen molar-refractivity contribution < 1.29 is 0 Å². The molecule has 1 saturated carbocycles. The van der Waals surface area contributed by atoms with Gasteiger partial charge in [-0.05, 0) is 12.8 Å². The van der Waals surface area contributed by atoms with Gasteiger partial charge in [0.1, 0.15) is 5.82 Å². The van der Waals surface area contributed by atoms with Crippen molar-refractivity contribution >= 4 is 0 Å². The second kappa shape index (κ2) is 4.48. The van der Waals surface area contributed by atoms with E-state index in [-0.39, 0.29) is 0 Å². The Balaban J connectivity index is 2.16. The summed E-state index contributed by atoms with van der Waals surface area (Å²) >= 11 is 0. The molecular weight excluding hydrogens is 186 g/mol. The topological polar surface area (TPSA) is 41.6 Å². The van der Waals surface area contributed by atoms with Gasteiger partial charge in [-0.2, -0.15) is 5.26 Å². The van der Waals surface area contributed by atoms with Crippen LogP contribution in [0.25, 0.3) is 0 Å². The molecule has 1 aliphatic rings. The van der Waals surface area contributed by atoms with Gasteiger partial charge in [-0.15, -0.1) is 0 Å². The van der Waals surface area contributed by atoms with Gasteiger partial charge in [0.25, 0.3) is 0 Å². The quantitative estimate of drug-likeness (QED) is 0.741. The van der Waals surface area contributed by atoms with Crippen LogP contribution >= 0.6 is 0 Å². The Morgan fingerprint density at radius 1 is 1.47 bits per heavy atom. The maximum atomic E-state index is 8.63. The van der Waals surface area contributed by atoms with Crippen LogP contribution in [0.4, 0.5) is 0 Å². The molecule has 3 nitrogen and oxygen atoms in total. The van der Waals surface area contributed by atoms with Crippen molar-refractivity contribution in [2.24, 2.45) is 7.05 Å². The fourth-order valence-electron chi connectivity index (χ4n) is 2.45. The molecule has 0 spiro atoms. The molecule has 0 bridgehead atoms. The predicted molar refractivity (Wildman–Crippen MR) is 58.4 cm³/mol. The number of rotatable bonds is 2. The van der Waals surface area contributed by atoms with E-state index in [9.17, 15) is 0 Å². The lowest BCUT2D eigenvalue weighted by Crippen LogP contribution is -2.09. The van der Waals surface area contributed by atoms with Gasteiger partial charge in [-0.25, -0.2) is 4.98 Å². The van der Waals surface area contributed by atoms with Gasteiger partial charge >= 0.3 is 0 Å². The van der Waals surface area contributed by atoms with E-state index in [0.717, 1.165) is 5.69 Å². The Bertz CT molecular complexity index is 367. The molecule has 1 aliphatic carbocycles. The summed E-state index contributed by atoms with van der Waals surface area (Å²) in [7, 11) is 2.04. The van der Waals surface area contributed by atoms with Crippen molar-refractivity contribution in [1.29, 1.82) is 5.26 Å². The summed E-state index contributed by atoms with van der Waals surface area (Å²) in [6.07, 6.45) is 8.96. The highest BCUT2D eigenvalue weighted by atomic mass is 15.1. The largest absolute Gasteiger partial charge is 0.337 e. The Labute approximate surface area is 90.7 Å². The number of aryl methyl sites for hydroxylation is 1. The van der Waals surface area contributed by atoms with E-state index in [1.54, 1.807) is 0 Å². The van der Waals surface area contributed by atoms with Crippen LogP contribution in [0.5, 0.6) is 0 Å². The van der Waals surface area contributed by atoms with E-state index >= 15 is 0 Å². The summed E-state index contributed by atoms with van der Waals surface area (Å²) in [5.41, 5.74) is 0.917. The van der Waals surface area contributed by atoms with Gasteiger partial charge in [-0.3, -0.25) is 0 Å². The normalized spacial score (nSPS) is 17.6. The molecule has 1 aromatic heterocycles. The van der Waals surface area contributed by atoms with Crippen LogP contribution in [-0.2, 0) is 13.5 Å². The minimum absolute atomic E-state index is 0.431. The summed E-state index contributed by atoms with van der Waals surface area (Å²) in [6, 6.07) is 2.15. The molecule has 0 unspecified atom stereocenters. The van der Waals surface area contributed by atoms with Gasteiger partial charge < -0.3 is 4.57 Å². The number of nitrogens with zero attached hydrogens (tertiary/aromatic N) is 3. The molecule has 0 saturated heterocycles. The first kappa shape index (κ1) is 10.2. The third kappa shape index (κ3) is 2.20. The van der Waals surface area contributed by atoms with Crippen molar-refractivity contribution in [2.75, 3.05) is 0 Å². The molecule has 0 aromatic carbocycles. The first-order valence-corrected chi connectivity index (χ1v) is 5.70. The zero-order valence-electron chi connectivity index (χ0n) is 9.24. The highest BCUT2D eigenvalue weighted by Gasteiger charge is 2.19. The van der Waals surface area contributed by atoms with Crippen LogP contribution in [0.3, 0.4) is 0 Å². The molecule has 0 N–H and O–H groups in total. The lowest BCUT2D eigenvalue weighted by molar-refractivity contribution is 0.421. The van der Waals surface area contributed by atoms with Crippen LogP contribution < -0.4 is 0 Å². The molecular formula is C12H17N3. The number of hydrogen-bond donors (Lipinski definition) is 0. The van der Waals surface area contributed by atoms with Crippen LogP contribution in [-0.4, -0.2) is 9.55 Å². The van der Waals surface area contributed by atoms with Gasteiger partial charge in [-0.1, -0.05) is 19.3 Å². The first-order valence-electron chi connectivity index (χ1n) is 5.70. The Kier molecular flexibility index (Phi) is 3.05. The van der Waals surface area contributed by atoms with Crippen LogP contribution in [0.2, 0.25) is 0 Å². The molecule has 2 rings (SSSR count). The molecule has 1 fully saturated rings. The fourth-order valence-corrected chi connectivity index (χ4v) is 2.45. The number of aromatic nitrogens is 2. The highest BCUT2D eigenvalue weighted by Crippen LogP contribution is 2.31. The predicted octanol–water partition coefficient (Wildman–Crippen LogP) is 2.53.